The van der Waals surface area contributed by atoms with Gasteiger partial charge in [0.1, 0.15) is 5.71 Å². The van der Waals surface area contributed by atoms with Gasteiger partial charge in [0.2, 0.25) is 0 Å². The van der Waals surface area contributed by atoms with Crippen molar-refractivity contribution in [2.75, 3.05) is 0 Å². The summed E-state index contributed by atoms with van der Waals surface area (Å²) in [6, 6.07) is 0. The smallest absolute Gasteiger partial charge is 0.186 e. The number of carbonyl (C=O) groups is 1. The van der Waals surface area contributed by atoms with E-state index in [0.717, 1.165) is 38.5 Å². The van der Waals surface area contributed by atoms with Gasteiger partial charge < -0.3 is 10.3 Å². The summed E-state index contributed by atoms with van der Waals surface area (Å²) in [4.78, 5) is 12.6. The lowest BCUT2D eigenvalue weighted by molar-refractivity contribution is -0.128. The molecule has 0 amide bonds. The lowest BCUT2D eigenvalue weighted by Gasteiger charge is -2.56. The summed E-state index contributed by atoms with van der Waals surface area (Å²) in [6.07, 6.45) is 8.57. The first-order chi connectivity index (χ1) is 10.9. The number of aliphatic hydroxyl groups excluding tert-OH is 1. The molecule has 0 aliphatic heterocycles. The summed E-state index contributed by atoms with van der Waals surface area (Å²) < 4.78 is 0. The van der Waals surface area contributed by atoms with Gasteiger partial charge >= 0.3 is 0 Å². The van der Waals surface area contributed by atoms with E-state index in [2.05, 4.69) is 25.1 Å². The van der Waals surface area contributed by atoms with Gasteiger partial charge in [0, 0.05) is 11.8 Å². The van der Waals surface area contributed by atoms with Crippen LogP contribution in [0.5, 0.6) is 0 Å². The SMILES string of the molecule is C[C@]12CCC(O)CC1=CC[C@@H]1[C@@H]2CC[C@]2(C)C(=O)C(=NO)C[C@@H]12. The summed E-state index contributed by atoms with van der Waals surface area (Å²) >= 11 is 0. The van der Waals surface area contributed by atoms with Crippen LogP contribution in [0.2, 0.25) is 0 Å². The fraction of sp³-hybridized carbons (Fsp3) is 0.789. The molecule has 3 saturated carbocycles. The zero-order chi connectivity index (χ0) is 16.4. The molecule has 0 aromatic carbocycles. The van der Waals surface area contributed by atoms with Gasteiger partial charge in [-0.3, -0.25) is 4.79 Å². The second kappa shape index (κ2) is 4.92. The number of rotatable bonds is 0. The van der Waals surface area contributed by atoms with Crippen molar-refractivity contribution in [3.63, 3.8) is 0 Å². The predicted octanol–water partition coefficient (Wildman–Crippen LogP) is 3.32. The van der Waals surface area contributed by atoms with E-state index in [1.54, 1.807) is 0 Å². The number of Topliss-reactive ketones (excluding diaryl/α,β-unsaturated/α-hetero) is 1. The maximum atomic E-state index is 12.6. The van der Waals surface area contributed by atoms with Gasteiger partial charge in [-0.05, 0) is 61.7 Å². The number of aliphatic hydroxyl groups is 1. The maximum Gasteiger partial charge on any atom is 0.186 e. The minimum absolute atomic E-state index is 0.0717. The van der Waals surface area contributed by atoms with Crippen LogP contribution in [0.15, 0.2) is 16.8 Å². The fourth-order valence-corrected chi connectivity index (χ4v) is 6.34. The number of nitrogens with zero attached hydrogens (tertiary/aromatic N) is 1. The molecule has 0 aromatic heterocycles. The molecule has 23 heavy (non-hydrogen) atoms. The molecule has 1 unspecified atom stereocenters. The molecule has 4 aliphatic rings. The van der Waals surface area contributed by atoms with Crippen molar-refractivity contribution < 1.29 is 15.1 Å². The lowest BCUT2D eigenvalue weighted by Crippen LogP contribution is -2.50. The number of ketones is 1. The zero-order valence-electron chi connectivity index (χ0n) is 14.1. The summed E-state index contributed by atoms with van der Waals surface area (Å²) in [6.45, 7) is 4.46. The number of hydrogen-bond donors (Lipinski definition) is 2. The van der Waals surface area contributed by atoms with Gasteiger partial charge in [-0.2, -0.15) is 0 Å². The fourth-order valence-electron chi connectivity index (χ4n) is 6.34. The second-order valence-corrected chi connectivity index (χ2v) is 8.69. The number of fused-ring (bicyclic) bond motifs is 5. The van der Waals surface area contributed by atoms with Crippen LogP contribution in [0.25, 0.3) is 0 Å². The van der Waals surface area contributed by atoms with Crippen molar-refractivity contribution in [2.45, 2.75) is 64.9 Å². The molecule has 2 N–H and O–H groups in total. The molecule has 0 radical (unpaired) electrons. The third kappa shape index (κ3) is 1.93. The normalized spacial score (nSPS) is 51.0. The van der Waals surface area contributed by atoms with E-state index in [9.17, 15) is 15.1 Å². The van der Waals surface area contributed by atoms with Crippen LogP contribution in [0.1, 0.15) is 58.8 Å². The molecule has 4 heteroatoms. The summed E-state index contributed by atoms with van der Waals surface area (Å²) in [5.74, 6) is 1.48. The molecule has 0 aromatic rings. The minimum atomic E-state index is -0.335. The van der Waals surface area contributed by atoms with Gasteiger partial charge in [0.25, 0.3) is 0 Å². The van der Waals surface area contributed by atoms with Crippen molar-refractivity contribution in [3.05, 3.63) is 11.6 Å². The van der Waals surface area contributed by atoms with Crippen LogP contribution in [0.4, 0.5) is 0 Å². The standard InChI is InChI=1S/C19H27NO3/c1-18-7-5-12(21)9-11(18)3-4-13-14(18)6-8-19(2)15(13)10-16(20-23)17(19)22/h3,12-15,21,23H,4-10H2,1-2H3/t12?,13-,14+,15+,18+,19+/m1/s1. The van der Waals surface area contributed by atoms with E-state index in [1.165, 1.54) is 5.57 Å². The molecule has 0 heterocycles. The number of oxime groups is 1. The summed E-state index contributed by atoms with van der Waals surface area (Å²) in [5.41, 5.74) is 1.68. The first kappa shape index (κ1) is 15.4. The molecule has 0 bridgehead atoms. The molecule has 4 aliphatic carbocycles. The highest BCUT2D eigenvalue weighted by Crippen LogP contribution is 2.63. The molecule has 0 saturated heterocycles. The van der Waals surface area contributed by atoms with Crippen LogP contribution in [0, 0.1) is 28.6 Å². The largest absolute Gasteiger partial charge is 0.411 e. The van der Waals surface area contributed by atoms with E-state index in [-0.39, 0.29) is 22.7 Å². The van der Waals surface area contributed by atoms with E-state index in [1.807, 2.05) is 0 Å². The third-order valence-corrected chi connectivity index (χ3v) is 7.78. The minimum Gasteiger partial charge on any atom is -0.411 e. The van der Waals surface area contributed by atoms with E-state index < -0.39 is 0 Å². The van der Waals surface area contributed by atoms with Crippen molar-refractivity contribution in [2.24, 2.45) is 33.7 Å². The number of carbonyl (C=O) groups excluding carboxylic acids is 1. The molecule has 6 atom stereocenters. The topological polar surface area (TPSA) is 69.9 Å². The Morgan fingerprint density at radius 2 is 1.87 bits per heavy atom. The van der Waals surface area contributed by atoms with Gasteiger partial charge in [0.05, 0.1) is 6.10 Å². The molecule has 3 fully saturated rings. The number of hydrogen-bond acceptors (Lipinski definition) is 4. The van der Waals surface area contributed by atoms with Gasteiger partial charge in [-0.1, -0.05) is 30.7 Å². The third-order valence-electron chi connectivity index (χ3n) is 7.78. The van der Waals surface area contributed by atoms with E-state index >= 15 is 0 Å². The monoisotopic (exact) mass is 317 g/mol. The highest BCUT2D eigenvalue weighted by molar-refractivity contribution is 6.43. The van der Waals surface area contributed by atoms with E-state index in [0.29, 0.717) is 29.9 Å². The molecule has 0 spiro atoms. The van der Waals surface area contributed by atoms with Crippen molar-refractivity contribution in [1.29, 1.82) is 0 Å². The lowest BCUT2D eigenvalue weighted by atomic mass is 9.48. The van der Waals surface area contributed by atoms with Crippen LogP contribution in [-0.4, -0.2) is 27.9 Å². The Morgan fingerprint density at radius 1 is 1.13 bits per heavy atom. The Bertz CT molecular complexity index is 610. The number of allylic oxidation sites excluding steroid dienone is 1. The van der Waals surface area contributed by atoms with Gasteiger partial charge in [0.15, 0.2) is 5.78 Å². The predicted molar refractivity (Wildman–Crippen MR) is 87.3 cm³/mol. The Kier molecular flexibility index (Phi) is 3.29. The first-order valence-electron chi connectivity index (χ1n) is 9.03. The quantitative estimate of drug-likeness (QED) is 0.409. The Labute approximate surface area is 137 Å². The average Bonchev–Trinajstić information content (AvgIpc) is 2.79. The van der Waals surface area contributed by atoms with Crippen LogP contribution in [-0.2, 0) is 4.79 Å². The zero-order valence-corrected chi connectivity index (χ0v) is 14.1. The average molecular weight is 317 g/mol. The molecule has 126 valence electrons. The highest BCUT2D eigenvalue weighted by atomic mass is 16.4. The molecular weight excluding hydrogens is 290 g/mol. The second-order valence-electron chi connectivity index (χ2n) is 8.69. The first-order valence-corrected chi connectivity index (χ1v) is 9.03. The maximum absolute atomic E-state index is 12.6. The summed E-state index contributed by atoms with van der Waals surface area (Å²) in [7, 11) is 0. The Balaban J connectivity index is 1.71. The van der Waals surface area contributed by atoms with E-state index in [4.69, 9.17) is 0 Å². The summed E-state index contributed by atoms with van der Waals surface area (Å²) in [5, 5.41) is 22.5. The Hall–Kier alpha value is -1.16. The molecule has 4 nitrogen and oxygen atoms in total. The van der Waals surface area contributed by atoms with Crippen molar-refractivity contribution >= 4 is 11.5 Å². The van der Waals surface area contributed by atoms with Crippen LogP contribution in [0.3, 0.4) is 0 Å². The van der Waals surface area contributed by atoms with Crippen molar-refractivity contribution in [1.82, 2.24) is 0 Å². The van der Waals surface area contributed by atoms with Gasteiger partial charge in [-0.25, -0.2) is 0 Å². The highest BCUT2D eigenvalue weighted by Gasteiger charge is 2.60. The van der Waals surface area contributed by atoms with Crippen molar-refractivity contribution in [3.8, 4) is 0 Å². The van der Waals surface area contributed by atoms with Gasteiger partial charge in [-0.15, -0.1) is 0 Å². The van der Waals surface area contributed by atoms with Crippen LogP contribution < -0.4 is 0 Å². The Morgan fingerprint density at radius 3 is 2.61 bits per heavy atom. The molecule has 4 rings (SSSR count). The van der Waals surface area contributed by atoms with Crippen LogP contribution >= 0.6 is 0 Å². The molecular formula is C19H27NO3.